The monoisotopic (exact) mass is 241 g/mol. The van der Waals surface area contributed by atoms with E-state index in [1.165, 1.54) is 32.1 Å². The molecule has 0 bridgehead atoms. The summed E-state index contributed by atoms with van der Waals surface area (Å²) < 4.78 is 0. The van der Waals surface area contributed by atoms with E-state index in [9.17, 15) is 10.2 Å². The van der Waals surface area contributed by atoms with Crippen LogP contribution in [0.1, 0.15) is 51.9 Å². The maximum atomic E-state index is 10.1. The number of aliphatic hydroxyl groups is 2. The Morgan fingerprint density at radius 3 is 2.65 bits per heavy atom. The van der Waals surface area contributed by atoms with Crippen molar-refractivity contribution in [3.63, 3.8) is 0 Å². The smallest absolute Gasteiger partial charge is 0.0583 e. The number of hydrogen-bond acceptors (Lipinski definition) is 3. The second kappa shape index (κ2) is 6.17. The predicted octanol–water partition coefficient (Wildman–Crippen LogP) is 1.77. The van der Waals surface area contributed by atoms with Gasteiger partial charge in [0.05, 0.1) is 12.2 Å². The lowest BCUT2D eigenvalue weighted by Gasteiger charge is -2.37. The first-order valence-electron chi connectivity index (χ1n) is 7.28. The number of likely N-dealkylation sites (tertiary alicyclic amines) is 1. The third kappa shape index (κ3) is 3.43. The highest BCUT2D eigenvalue weighted by molar-refractivity contribution is 4.90. The number of rotatable bonds is 4. The van der Waals surface area contributed by atoms with Crippen LogP contribution in [0.4, 0.5) is 0 Å². The zero-order valence-electron chi connectivity index (χ0n) is 11.0. The van der Waals surface area contributed by atoms with Crippen LogP contribution in [-0.4, -0.2) is 46.5 Å². The molecule has 17 heavy (non-hydrogen) atoms. The van der Waals surface area contributed by atoms with E-state index in [0.29, 0.717) is 12.0 Å². The van der Waals surface area contributed by atoms with Crippen LogP contribution in [0.3, 0.4) is 0 Å². The average molecular weight is 241 g/mol. The van der Waals surface area contributed by atoms with E-state index in [1.54, 1.807) is 0 Å². The van der Waals surface area contributed by atoms with Crippen molar-refractivity contribution in [2.75, 3.05) is 13.1 Å². The Balaban J connectivity index is 1.89. The largest absolute Gasteiger partial charge is 0.393 e. The highest BCUT2D eigenvalue weighted by Gasteiger charge is 2.36. The van der Waals surface area contributed by atoms with Gasteiger partial charge in [-0.05, 0) is 45.6 Å². The lowest BCUT2D eigenvalue weighted by atomic mass is 9.80. The van der Waals surface area contributed by atoms with E-state index in [1.807, 2.05) is 6.92 Å². The Labute approximate surface area is 105 Å². The molecule has 2 rings (SSSR count). The van der Waals surface area contributed by atoms with E-state index in [4.69, 9.17) is 0 Å². The van der Waals surface area contributed by atoms with Crippen LogP contribution in [0.15, 0.2) is 0 Å². The fourth-order valence-electron chi connectivity index (χ4n) is 3.56. The van der Waals surface area contributed by atoms with Crippen molar-refractivity contribution in [2.24, 2.45) is 5.92 Å². The normalized spacial score (nSPS) is 37.2. The molecule has 3 nitrogen and oxygen atoms in total. The van der Waals surface area contributed by atoms with Gasteiger partial charge in [0.1, 0.15) is 0 Å². The molecule has 1 aliphatic carbocycles. The fraction of sp³-hybridized carbons (Fsp3) is 1.00. The average Bonchev–Trinajstić information content (AvgIpc) is 2.75. The Kier molecular flexibility index (Phi) is 4.83. The predicted molar refractivity (Wildman–Crippen MR) is 68.9 cm³/mol. The number of nitrogens with zero attached hydrogens (tertiary/aromatic N) is 1. The van der Waals surface area contributed by atoms with Crippen LogP contribution >= 0.6 is 0 Å². The minimum atomic E-state index is -0.201. The quantitative estimate of drug-likeness (QED) is 0.788. The molecule has 1 aliphatic heterocycles. The molecule has 0 aromatic carbocycles. The summed E-state index contributed by atoms with van der Waals surface area (Å²) in [5.74, 6) is 0.486. The molecule has 2 aliphatic rings. The maximum Gasteiger partial charge on any atom is 0.0583 e. The summed E-state index contributed by atoms with van der Waals surface area (Å²) in [7, 11) is 0. The van der Waals surface area contributed by atoms with Crippen molar-refractivity contribution in [1.82, 2.24) is 4.90 Å². The zero-order valence-corrected chi connectivity index (χ0v) is 11.0. The molecule has 100 valence electrons. The molecule has 0 aromatic rings. The fourth-order valence-corrected chi connectivity index (χ4v) is 3.56. The van der Waals surface area contributed by atoms with Gasteiger partial charge in [0.15, 0.2) is 0 Å². The number of hydrogen-bond donors (Lipinski definition) is 2. The van der Waals surface area contributed by atoms with Gasteiger partial charge in [-0.25, -0.2) is 0 Å². The minimum Gasteiger partial charge on any atom is -0.393 e. The van der Waals surface area contributed by atoms with Crippen LogP contribution in [-0.2, 0) is 0 Å². The van der Waals surface area contributed by atoms with Gasteiger partial charge in [-0.3, -0.25) is 4.90 Å². The molecule has 0 radical (unpaired) electrons. The highest BCUT2D eigenvalue weighted by Crippen LogP contribution is 2.34. The third-order valence-corrected chi connectivity index (χ3v) is 4.52. The van der Waals surface area contributed by atoms with E-state index < -0.39 is 0 Å². The number of aliphatic hydroxyl groups excluding tert-OH is 2. The maximum absolute atomic E-state index is 10.1. The standard InChI is InChI=1S/C14H27NO2/c1-11(16)8-10-15-9-4-6-13(15)12-5-2-3-7-14(12)17/h11-14,16-17H,2-10H2,1H3. The summed E-state index contributed by atoms with van der Waals surface area (Å²) >= 11 is 0. The lowest BCUT2D eigenvalue weighted by Crippen LogP contribution is -2.43. The first-order chi connectivity index (χ1) is 8.18. The Bertz CT molecular complexity index is 232. The minimum absolute atomic E-state index is 0.0825. The van der Waals surface area contributed by atoms with Crippen molar-refractivity contribution >= 4 is 0 Å². The molecule has 1 saturated carbocycles. The van der Waals surface area contributed by atoms with Crippen LogP contribution in [0, 0.1) is 5.92 Å². The zero-order chi connectivity index (χ0) is 12.3. The molecule has 4 atom stereocenters. The Hall–Kier alpha value is -0.120. The second-order valence-electron chi connectivity index (χ2n) is 5.90. The third-order valence-electron chi connectivity index (χ3n) is 4.52. The highest BCUT2D eigenvalue weighted by atomic mass is 16.3. The molecular weight excluding hydrogens is 214 g/mol. The van der Waals surface area contributed by atoms with E-state index >= 15 is 0 Å². The van der Waals surface area contributed by atoms with Gasteiger partial charge >= 0.3 is 0 Å². The summed E-state index contributed by atoms with van der Waals surface area (Å²) in [6, 6.07) is 0.573. The molecule has 3 heteroatoms. The molecule has 2 fully saturated rings. The second-order valence-corrected chi connectivity index (χ2v) is 5.90. The van der Waals surface area contributed by atoms with Crippen LogP contribution in [0.25, 0.3) is 0 Å². The molecule has 4 unspecified atom stereocenters. The van der Waals surface area contributed by atoms with Crippen LogP contribution < -0.4 is 0 Å². The van der Waals surface area contributed by atoms with Crippen molar-refractivity contribution in [3.8, 4) is 0 Å². The Morgan fingerprint density at radius 2 is 1.94 bits per heavy atom. The van der Waals surface area contributed by atoms with Gasteiger partial charge in [0.25, 0.3) is 0 Å². The molecule has 0 spiro atoms. The van der Waals surface area contributed by atoms with Gasteiger partial charge in [-0.1, -0.05) is 12.8 Å². The summed E-state index contributed by atoms with van der Waals surface area (Å²) in [5.41, 5.74) is 0. The van der Waals surface area contributed by atoms with Gasteiger partial charge in [-0.2, -0.15) is 0 Å². The summed E-state index contributed by atoms with van der Waals surface area (Å²) in [5, 5.41) is 19.5. The van der Waals surface area contributed by atoms with Gasteiger partial charge < -0.3 is 10.2 Å². The van der Waals surface area contributed by atoms with Crippen molar-refractivity contribution in [3.05, 3.63) is 0 Å². The first kappa shape index (κ1) is 13.3. The Morgan fingerprint density at radius 1 is 1.18 bits per heavy atom. The molecule has 1 heterocycles. The summed E-state index contributed by atoms with van der Waals surface area (Å²) in [6.45, 7) is 4.01. The SMILES string of the molecule is CC(O)CCN1CCCC1C1CCCCC1O. The van der Waals surface area contributed by atoms with Crippen LogP contribution in [0.5, 0.6) is 0 Å². The molecule has 2 N–H and O–H groups in total. The topological polar surface area (TPSA) is 43.7 Å². The van der Waals surface area contributed by atoms with Gasteiger partial charge in [-0.15, -0.1) is 0 Å². The molecule has 1 saturated heterocycles. The van der Waals surface area contributed by atoms with Crippen molar-refractivity contribution in [1.29, 1.82) is 0 Å². The van der Waals surface area contributed by atoms with Gasteiger partial charge in [0.2, 0.25) is 0 Å². The first-order valence-corrected chi connectivity index (χ1v) is 7.28. The van der Waals surface area contributed by atoms with E-state index in [-0.39, 0.29) is 12.2 Å². The lowest BCUT2D eigenvalue weighted by molar-refractivity contribution is 0.0191. The van der Waals surface area contributed by atoms with E-state index in [2.05, 4.69) is 4.90 Å². The molecule has 0 amide bonds. The molecular formula is C14H27NO2. The van der Waals surface area contributed by atoms with E-state index in [0.717, 1.165) is 25.9 Å². The summed E-state index contributed by atoms with van der Waals surface area (Å²) in [6.07, 6.45) is 7.73. The molecule has 0 aromatic heterocycles. The van der Waals surface area contributed by atoms with Crippen molar-refractivity contribution < 1.29 is 10.2 Å². The summed E-state index contributed by atoms with van der Waals surface area (Å²) in [4.78, 5) is 2.51. The van der Waals surface area contributed by atoms with Crippen molar-refractivity contribution in [2.45, 2.75) is 70.1 Å². The van der Waals surface area contributed by atoms with Gasteiger partial charge in [0, 0.05) is 18.5 Å². The van der Waals surface area contributed by atoms with Crippen LogP contribution in [0.2, 0.25) is 0 Å².